The van der Waals surface area contributed by atoms with Gasteiger partial charge in [-0.3, -0.25) is 0 Å². The molecule has 0 spiro atoms. The van der Waals surface area contributed by atoms with Crippen LogP contribution in [-0.2, 0) is 5.33 Å². The predicted molar refractivity (Wildman–Crippen MR) is 71.8 cm³/mol. The van der Waals surface area contributed by atoms with E-state index in [1.165, 1.54) is 16.7 Å². The summed E-state index contributed by atoms with van der Waals surface area (Å²) >= 11 is 3.44. The molecule has 0 saturated heterocycles. The van der Waals surface area contributed by atoms with Gasteiger partial charge in [-0.2, -0.15) is 0 Å². The quantitative estimate of drug-likeness (QED) is 0.703. The van der Waals surface area contributed by atoms with Gasteiger partial charge in [0.15, 0.2) is 0 Å². The maximum atomic E-state index is 3.44. The van der Waals surface area contributed by atoms with Gasteiger partial charge in [-0.15, -0.1) is 12.4 Å². The molecule has 15 heavy (non-hydrogen) atoms. The molecule has 2 heteroatoms. The smallest absolute Gasteiger partial charge is 0.0283 e. The molecule has 0 aliphatic heterocycles. The summed E-state index contributed by atoms with van der Waals surface area (Å²) < 4.78 is 0. The van der Waals surface area contributed by atoms with Crippen molar-refractivity contribution in [2.24, 2.45) is 0 Å². The maximum absolute atomic E-state index is 3.44. The molecule has 0 bridgehead atoms. The average Bonchev–Trinajstić information content (AvgIpc) is 2.30. The molecule has 0 aromatic heterocycles. The Morgan fingerprint density at radius 2 is 1.27 bits per heavy atom. The van der Waals surface area contributed by atoms with Gasteiger partial charge in [0.05, 0.1) is 0 Å². The monoisotopic (exact) mass is 282 g/mol. The molecule has 78 valence electrons. The lowest BCUT2D eigenvalue weighted by atomic mass is 10.0. The van der Waals surface area contributed by atoms with Crippen molar-refractivity contribution in [1.29, 1.82) is 0 Å². The van der Waals surface area contributed by atoms with Crippen LogP contribution < -0.4 is 0 Å². The van der Waals surface area contributed by atoms with E-state index in [1.807, 2.05) is 6.07 Å². The second-order valence-corrected chi connectivity index (χ2v) is 3.76. The normalized spacial score (nSPS) is 9.40. The van der Waals surface area contributed by atoms with Crippen LogP contribution in [0.5, 0.6) is 0 Å². The molecule has 0 radical (unpaired) electrons. The van der Waals surface area contributed by atoms with E-state index in [0.29, 0.717) is 0 Å². The summed E-state index contributed by atoms with van der Waals surface area (Å²) in [7, 11) is 0. The minimum atomic E-state index is 0. The van der Waals surface area contributed by atoms with Crippen molar-refractivity contribution in [2.45, 2.75) is 5.33 Å². The van der Waals surface area contributed by atoms with Crippen molar-refractivity contribution in [2.75, 3.05) is 0 Å². The number of hydrogen-bond acceptors (Lipinski definition) is 0. The zero-order chi connectivity index (χ0) is 9.80. The van der Waals surface area contributed by atoms with Crippen molar-refractivity contribution >= 4 is 28.3 Å². The van der Waals surface area contributed by atoms with Crippen molar-refractivity contribution in [3.63, 3.8) is 0 Å². The van der Waals surface area contributed by atoms with Crippen LogP contribution in [0, 0.1) is 0 Å². The maximum Gasteiger partial charge on any atom is 0.0283 e. The zero-order valence-electron chi connectivity index (χ0n) is 8.19. The van der Waals surface area contributed by atoms with Crippen LogP contribution in [0.15, 0.2) is 54.6 Å². The SMILES string of the molecule is BrCc1ccc(-c2ccccc2)cc1.Cl. The van der Waals surface area contributed by atoms with Gasteiger partial charge < -0.3 is 0 Å². The van der Waals surface area contributed by atoms with Crippen molar-refractivity contribution in [1.82, 2.24) is 0 Å². The molecule has 0 aliphatic carbocycles. The summed E-state index contributed by atoms with van der Waals surface area (Å²) in [5.74, 6) is 0. The summed E-state index contributed by atoms with van der Waals surface area (Å²) in [6, 6.07) is 19.0. The molecule has 0 nitrogen and oxygen atoms in total. The van der Waals surface area contributed by atoms with Gasteiger partial charge in [-0.1, -0.05) is 70.5 Å². The molecule has 0 fully saturated rings. The molecule has 0 unspecified atom stereocenters. The van der Waals surface area contributed by atoms with E-state index in [-0.39, 0.29) is 12.4 Å². The van der Waals surface area contributed by atoms with Crippen LogP contribution in [-0.4, -0.2) is 0 Å². The fourth-order valence-electron chi connectivity index (χ4n) is 1.42. The van der Waals surface area contributed by atoms with Crippen LogP contribution in [0.1, 0.15) is 5.56 Å². The van der Waals surface area contributed by atoms with E-state index in [4.69, 9.17) is 0 Å². The Hall–Kier alpha value is -0.790. The van der Waals surface area contributed by atoms with Crippen LogP contribution in [0.3, 0.4) is 0 Å². The molecular weight excluding hydrogens is 271 g/mol. The van der Waals surface area contributed by atoms with E-state index in [1.54, 1.807) is 0 Å². The number of halogens is 2. The Bertz CT molecular complexity index is 395. The van der Waals surface area contributed by atoms with Crippen LogP contribution in [0.4, 0.5) is 0 Å². The van der Waals surface area contributed by atoms with Gasteiger partial charge in [0, 0.05) is 5.33 Å². The number of hydrogen-bond donors (Lipinski definition) is 0. The van der Waals surface area contributed by atoms with Crippen molar-refractivity contribution in [3.8, 4) is 11.1 Å². The van der Waals surface area contributed by atoms with Gasteiger partial charge in [0.2, 0.25) is 0 Å². The highest BCUT2D eigenvalue weighted by Crippen LogP contribution is 2.19. The third kappa shape index (κ3) is 3.08. The predicted octanol–water partition coefficient (Wildman–Crippen LogP) is 4.67. The van der Waals surface area contributed by atoms with Gasteiger partial charge in [0.25, 0.3) is 0 Å². The zero-order valence-corrected chi connectivity index (χ0v) is 10.6. The largest absolute Gasteiger partial charge is 0.147 e. The van der Waals surface area contributed by atoms with Gasteiger partial charge in [0.1, 0.15) is 0 Å². The highest BCUT2D eigenvalue weighted by molar-refractivity contribution is 9.08. The van der Waals surface area contributed by atoms with E-state index in [2.05, 4.69) is 64.5 Å². The van der Waals surface area contributed by atoms with Crippen molar-refractivity contribution < 1.29 is 0 Å². The lowest BCUT2D eigenvalue weighted by molar-refractivity contribution is 1.44. The molecule has 0 amide bonds. The molecule has 0 saturated carbocycles. The number of rotatable bonds is 2. The van der Waals surface area contributed by atoms with E-state index in [0.717, 1.165) is 5.33 Å². The van der Waals surface area contributed by atoms with E-state index in [9.17, 15) is 0 Å². The summed E-state index contributed by atoms with van der Waals surface area (Å²) in [6.07, 6.45) is 0. The summed E-state index contributed by atoms with van der Waals surface area (Å²) in [5, 5.41) is 0.919. The first-order chi connectivity index (χ1) is 6.90. The highest BCUT2D eigenvalue weighted by atomic mass is 79.9. The first kappa shape index (κ1) is 12.3. The first-order valence-corrected chi connectivity index (χ1v) is 5.72. The molecule has 2 rings (SSSR count). The lowest BCUT2D eigenvalue weighted by Crippen LogP contribution is -1.79. The topological polar surface area (TPSA) is 0 Å². The van der Waals surface area contributed by atoms with Crippen LogP contribution in [0.2, 0.25) is 0 Å². The van der Waals surface area contributed by atoms with Gasteiger partial charge in [-0.25, -0.2) is 0 Å². The lowest BCUT2D eigenvalue weighted by Gasteiger charge is -2.01. The van der Waals surface area contributed by atoms with Crippen molar-refractivity contribution in [3.05, 3.63) is 60.2 Å². The highest BCUT2D eigenvalue weighted by Gasteiger charge is 1.95. The Morgan fingerprint density at radius 3 is 1.80 bits per heavy atom. The summed E-state index contributed by atoms with van der Waals surface area (Å²) in [5.41, 5.74) is 3.86. The fourth-order valence-corrected chi connectivity index (χ4v) is 1.79. The molecule has 2 aromatic carbocycles. The number of benzene rings is 2. The Labute approximate surface area is 105 Å². The standard InChI is InChI=1S/C13H11Br.ClH/c14-10-11-6-8-13(9-7-11)12-4-2-1-3-5-12;/h1-9H,10H2;1H. The Morgan fingerprint density at radius 1 is 0.733 bits per heavy atom. The van der Waals surface area contributed by atoms with Gasteiger partial charge in [-0.05, 0) is 16.7 Å². The molecule has 0 N–H and O–H groups in total. The third-order valence-electron chi connectivity index (χ3n) is 2.22. The Balaban J connectivity index is 0.00000112. The van der Waals surface area contributed by atoms with Gasteiger partial charge >= 0.3 is 0 Å². The fraction of sp³-hybridized carbons (Fsp3) is 0.0769. The molecular formula is C13H12BrCl. The summed E-state index contributed by atoms with van der Waals surface area (Å²) in [4.78, 5) is 0. The summed E-state index contributed by atoms with van der Waals surface area (Å²) in [6.45, 7) is 0. The molecule has 0 atom stereocenters. The Kier molecular flexibility index (Phi) is 4.86. The minimum absolute atomic E-state index is 0. The van der Waals surface area contributed by atoms with Crippen LogP contribution >= 0.6 is 28.3 Å². The second kappa shape index (κ2) is 5.94. The minimum Gasteiger partial charge on any atom is -0.147 e. The van der Waals surface area contributed by atoms with E-state index < -0.39 is 0 Å². The second-order valence-electron chi connectivity index (χ2n) is 3.20. The molecule has 0 heterocycles. The molecule has 0 aliphatic rings. The third-order valence-corrected chi connectivity index (χ3v) is 2.86. The first-order valence-electron chi connectivity index (χ1n) is 4.60. The number of alkyl halides is 1. The average molecular weight is 284 g/mol. The van der Waals surface area contributed by atoms with E-state index >= 15 is 0 Å². The molecule has 2 aromatic rings. The van der Waals surface area contributed by atoms with Crippen LogP contribution in [0.25, 0.3) is 11.1 Å².